The molecule has 170 valence electrons. The van der Waals surface area contributed by atoms with Crippen molar-refractivity contribution in [3.63, 3.8) is 0 Å². The first-order valence-corrected chi connectivity index (χ1v) is 10.9. The lowest BCUT2D eigenvalue weighted by atomic mass is 9.68. The number of quaternary nitrogens is 1. The topological polar surface area (TPSA) is 72.8 Å². The summed E-state index contributed by atoms with van der Waals surface area (Å²) in [5.41, 5.74) is -4.77. The van der Waals surface area contributed by atoms with E-state index in [-0.39, 0.29) is 16.7 Å². The Hall–Kier alpha value is -2.28. The third kappa shape index (κ3) is 4.00. The van der Waals surface area contributed by atoms with Crippen molar-refractivity contribution in [1.29, 1.82) is 0 Å². The number of nitrogens with zero attached hydrogens (tertiary/aromatic N) is 1. The van der Waals surface area contributed by atoms with Gasteiger partial charge in [-0.15, -0.1) is 0 Å². The molecule has 0 saturated carbocycles. The van der Waals surface area contributed by atoms with Gasteiger partial charge in [0.2, 0.25) is 0 Å². The number of aliphatic hydroxyl groups is 1. The summed E-state index contributed by atoms with van der Waals surface area (Å²) in [6, 6.07) is 0. The van der Waals surface area contributed by atoms with Gasteiger partial charge in [-0.2, -0.15) is 0 Å². The minimum atomic E-state index is -2.03. The monoisotopic (exact) mass is 430 g/mol. The molecule has 2 unspecified atom stereocenters. The van der Waals surface area contributed by atoms with Gasteiger partial charge in [-0.3, -0.25) is 9.28 Å². The predicted octanol–water partition coefficient (Wildman–Crippen LogP) is 3.25. The minimum absolute atomic E-state index is 0.249. The van der Waals surface area contributed by atoms with Gasteiger partial charge in [0.15, 0.2) is 16.8 Å². The summed E-state index contributed by atoms with van der Waals surface area (Å²) in [5, 5.41) is 11.2. The first-order valence-electron chi connectivity index (χ1n) is 10.9. The molecule has 0 spiro atoms. The van der Waals surface area contributed by atoms with Gasteiger partial charge < -0.3 is 14.6 Å². The van der Waals surface area contributed by atoms with Crippen LogP contribution >= 0.6 is 0 Å². The summed E-state index contributed by atoms with van der Waals surface area (Å²) in [4.78, 5) is 27.4. The average Bonchev–Trinajstić information content (AvgIpc) is 2.79. The maximum Gasteiger partial charge on any atom is 0.347 e. The average molecular weight is 431 g/mol. The lowest BCUT2D eigenvalue weighted by Crippen LogP contribution is -2.75. The number of carbonyl (C=O) groups is 2. The van der Waals surface area contributed by atoms with Gasteiger partial charge >= 0.3 is 5.97 Å². The SMILES string of the molecule is C=CC[N+]1(C2(C=CC)OC(=O)C(O)(C=CC)CC(=O)C2(C=CC)C=CC)CCOCC1. The van der Waals surface area contributed by atoms with Crippen LogP contribution in [0.3, 0.4) is 0 Å². The fourth-order valence-corrected chi connectivity index (χ4v) is 5.02. The molecule has 0 aromatic rings. The Kier molecular flexibility index (Phi) is 7.98. The maximum absolute atomic E-state index is 14.0. The zero-order chi connectivity index (χ0) is 23.2. The van der Waals surface area contributed by atoms with E-state index in [4.69, 9.17) is 9.47 Å². The van der Waals surface area contributed by atoms with E-state index < -0.39 is 22.7 Å². The molecule has 2 aliphatic rings. The number of cyclic esters (lactones) is 1. The molecule has 31 heavy (non-hydrogen) atoms. The predicted molar refractivity (Wildman–Crippen MR) is 121 cm³/mol. The lowest BCUT2D eigenvalue weighted by molar-refractivity contribution is -0.995. The highest BCUT2D eigenvalue weighted by Gasteiger charge is 2.70. The Labute approximate surface area is 185 Å². The second kappa shape index (κ2) is 9.90. The summed E-state index contributed by atoms with van der Waals surface area (Å²) >= 11 is 0. The van der Waals surface area contributed by atoms with Crippen LogP contribution in [-0.4, -0.2) is 65.5 Å². The molecule has 1 N–H and O–H groups in total. The van der Waals surface area contributed by atoms with Crippen LogP contribution in [0.2, 0.25) is 0 Å². The van der Waals surface area contributed by atoms with E-state index in [2.05, 4.69) is 6.58 Å². The van der Waals surface area contributed by atoms with Crippen molar-refractivity contribution in [1.82, 2.24) is 0 Å². The summed E-state index contributed by atoms with van der Waals surface area (Å²) in [6.45, 7) is 13.6. The van der Waals surface area contributed by atoms with Crippen LogP contribution in [0.25, 0.3) is 0 Å². The van der Waals surface area contributed by atoms with Gasteiger partial charge in [-0.25, -0.2) is 4.79 Å². The van der Waals surface area contributed by atoms with Crippen molar-refractivity contribution in [2.75, 3.05) is 32.8 Å². The number of ketones is 1. The van der Waals surface area contributed by atoms with Crippen molar-refractivity contribution < 1.29 is 28.7 Å². The molecule has 0 amide bonds. The maximum atomic E-state index is 14.0. The molecule has 2 saturated heterocycles. The number of hydrogen-bond donors (Lipinski definition) is 1. The summed E-state index contributed by atoms with van der Waals surface area (Å²) in [5.74, 6) is -1.12. The molecule has 0 radical (unpaired) electrons. The molecule has 0 aliphatic carbocycles. The largest absolute Gasteiger partial charge is 0.402 e. The number of ether oxygens (including phenoxy) is 2. The third-order valence-electron chi connectivity index (χ3n) is 6.29. The fraction of sp³-hybridized carbons (Fsp3) is 0.520. The zero-order valence-electron chi connectivity index (χ0n) is 19.2. The zero-order valence-corrected chi connectivity index (χ0v) is 19.2. The molecule has 0 bridgehead atoms. The van der Waals surface area contributed by atoms with Gasteiger partial charge in [0.1, 0.15) is 19.6 Å². The standard InChI is InChI=1S/C25H36NO5/c1-6-11-23(12-7-2)21(27)20-24(29,13-8-3)22(28)31-25(23,14-9-4)26(15-10-5)16-18-30-19-17-26/h6-14,29H,5,15-20H2,1-4H3/q+1. The van der Waals surface area contributed by atoms with Crippen LogP contribution < -0.4 is 0 Å². The van der Waals surface area contributed by atoms with Crippen molar-refractivity contribution in [2.24, 2.45) is 5.41 Å². The quantitative estimate of drug-likeness (QED) is 0.381. The van der Waals surface area contributed by atoms with Crippen LogP contribution in [-0.2, 0) is 19.1 Å². The number of morpholine rings is 1. The molecule has 2 aliphatic heterocycles. The lowest BCUT2D eigenvalue weighted by Gasteiger charge is -2.56. The van der Waals surface area contributed by atoms with Gasteiger partial charge in [-0.05, 0) is 39.8 Å². The molecule has 0 aromatic heterocycles. The van der Waals surface area contributed by atoms with Gasteiger partial charge in [0.25, 0.3) is 5.72 Å². The highest BCUT2D eigenvalue weighted by atomic mass is 16.6. The van der Waals surface area contributed by atoms with Gasteiger partial charge in [0, 0.05) is 6.08 Å². The highest BCUT2D eigenvalue weighted by Crippen LogP contribution is 2.51. The molecule has 0 aromatic carbocycles. The summed E-state index contributed by atoms with van der Waals surface area (Å²) in [7, 11) is 0. The smallest absolute Gasteiger partial charge is 0.347 e. The minimum Gasteiger partial charge on any atom is -0.402 e. The first kappa shape index (κ1) is 25.0. The number of Topliss-reactive ketones (excluding diaryl/α,β-unsaturated/α-hetero) is 1. The van der Waals surface area contributed by atoms with E-state index in [9.17, 15) is 14.7 Å². The molecule has 2 atom stereocenters. The number of allylic oxidation sites excluding steroid dienone is 4. The van der Waals surface area contributed by atoms with Crippen LogP contribution in [0, 0.1) is 5.41 Å². The highest BCUT2D eigenvalue weighted by molar-refractivity contribution is 5.99. The Morgan fingerprint density at radius 1 is 0.968 bits per heavy atom. The van der Waals surface area contributed by atoms with Crippen LogP contribution in [0.4, 0.5) is 0 Å². The Morgan fingerprint density at radius 2 is 1.52 bits per heavy atom. The summed E-state index contributed by atoms with van der Waals surface area (Å²) in [6.07, 6.45) is 15.1. The molecule has 2 heterocycles. The van der Waals surface area contributed by atoms with E-state index in [1.807, 2.05) is 20.8 Å². The number of hydrogen-bond acceptors (Lipinski definition) is 5. The van der Waals surface area contributed by atoms with E-state index in [0.29, 0.717) is 32.8 Å². The molecule has 6 nitrogen and oxygen atoms in total. The molecular weight excluding hydrogens is 394 g/mol. The molecular formula is C25H36NO5+. The number of rotatable bonds is 7. The van der Waals surface area contributed by atoms with E-state index in [1.54, 1.807) is 55.5 Å². The Bertz CT molecular complexity index is 791. The third-order valence-corrected chi connectivity index (χ3v) is 6.29. The molecule has 2 fully saturated rings. The van der Waals surface area contributed by atoms with Gasteiger partial charge in [-0.1, -0.05) is 43.0 Å². The second-order valence-corrected chi connectivity index (χ2v) is 8.16. The fourth-order valence-electron chi connectivity index (χ4n) is 5.02. The number of esters is 1. The van der Waals surface area contributed by atoms with E-state index in [1.165, 1.54) is 6.08 Å². The summed E-state index contributed by atoms with van der Waals surface area (Å²) < 4.78 is 12.2. The van der Waals surface area contributed by atoms with Crippen LogP contribution in [0.5, 0.6) is 0 Å². The normalized spacial score (nSPS) is 34.6. The van der Waals surface area contributed by atoms with Crippen molar-refractivity contribution >= 4 is 11.8 Å². The van der Waals surface area contributed by atoms with Gasteiger partial charge in [0.05, 0.1) is 19.6 Å². The van der Waals surface area contributed by atoms with E-state index in [0.717, 1.165) is 0 Å². The number of carbonyl (C=O) groups excluding carboxylic acids is 2. The van der Waals surface area contributed by atoms with E-state index >= 15 is 0 Å². The Balaban J connectivity index is 3.00. The van der Waals surface area contributed by atoms with Crippen molar-refractivity contribution in [2.45, 2.75) is 45.4 Å². The van der Waals surface area contributed by atoms with Crippen LogP contribution in [0.15, 0.2) is 61.3 Å². The first-order chi connectivity index (χ1) is 14.8. The molecule has 2 rings (SSSR count). The van der Waals surface area contributed by atoms with Crippen molar-refractivity contribution in [3.8, 4) is 0 Å². The van der Waals surface area contributed by atoms with Crippen molar-refractivity contribution in [3.05, 3.63) is 61.3 Å². The second-order valence-electron chi connectivity index (χ2n) is 8.16. The molecule has 6 heteroatoms. The Morgan fingerprint density at radius 3 is 2.00 bits per heavy atom. The van der Waals surface area contributed by atoms with Crippen LogP contribution in [0.1, 0.15) is 34.1 Å².